The van der Waals surface area contributed by atoms with Crippen molar-refractivity contribution in [3.8, 4) is 0 Å². The summed E-state index contributed by atoms with van der Waals surface area (Å²) in [6.07, 6.45) is 3.04. The Balaban J connectivity index is 2.70. The molecule has 0 unspecified atom stereocenters. The number of hydrogen-bond acceptors (Lipinski definition) is 2. The molecule has 0 atom stereocenters. The van der Waals surface area contributed by atoms with Crippen LogP contribution in [0.1, 0.15) is 5.56 Å². The Labute approximate surface area is 76.2 Å². The van der Waals surface area contributed by atoms with Gasteiger partial charge in [0.1, 0.15) is 0 Å². The van der Waals surface area contributed by atoms with Gasteiger partial charge in [0.25, 0.3) is 5.70 Å². The summed E-state index contributed by atoms with van der Waals surface area (Å²) in [5, 5.41) is 10.2. The van der Waals surface area contributed by atoms with Gasteiger partial charge in [-0.1, -0.05) is 30.3 Å². The van der Waals surface area contributed by atoms with Gasteiger partial charge in [0, 0.05) is 6.08 Å². The van der Waals surface area contributed by atoms with Crippen molar-refractivity contribution in [1.29, 1.82) is 0 Å². The standard InChI is InChI=1S/C10H9NO2/c1-9(11(12)13)7-8-10-5-3-2-4-6-10/h2-8H,1H2. The Hall–Kier alpha value is -1.90. The highest BCUT2D eigenvalue weighted by molar-refractivity contribution is 5.51. The van der Waals surface area contributed by atoms with Gasteiger partial charge in [0.15, 0.2) is 0 Å². The van der Waals surface area contributed by atoms with E-state index in [1.165, 1.54) is 6.08 Å². The molecular weight excluding hydrogens is 166 g/mol. The third-order valence-corrected chi connectivity index (χ3v) is 1.50. The summed E-state index contributed by atoms with van der Waals surface area (Å²) in [5.41, 5.74) is 0.814. The molecule has 0 aromatic heterocycles. The first-order valence-electron chi connectivity index (χ1n) is 3.76. The molecule has 0 N–H and O–H groups in total. The number of allylic oxidation sites excluding steroid dienone is 1. The molecular formula is C10H9NO2. The van der Waals surface area contributed by atoms with Crippen LogP contribution < -0.4 is 0 Å². The minimum Gasteiger partial charge on any atom is -0.258 e. The molecule has 1 rings (SSSR count). The zero-order valence-electron chi connectivity index (χ0n) is 7.01. The van der Waals surface area contributed by atoms with E-state index < -0.39 is 4.92 Å². The van der Waals surface area contributed by atoms with Crippen LogP contribution >= 0.6 is 0 Å². The monoisotopic (exact) mass is 175 g/mol. The van der Waals surface area contributed by atoms with Crippen molar-refractivity contribution in [2.45, 2.75) is 0 Å². The van der Waals surface area contributed by atoms with Crippen LogP contribution in [0.15, 0.2) is 48.7 Å². The zero-order valence-corrected chi connectivity index (χ0v) is 7.01. The van der Waals surface area contributed by atoms with Crippen LogP contribution in [0.2, 0.25) is 0 Å². The summed E-state index contributed by atoms with van der Waals surface area (Å²) < 4.78 is 0. The molecule has 0 bridgehead atoms. The number of nitrogens with zero attached hydrogens (tertiary/aromatic N) is 1. The summed E-state index contributed by atoms with van der Waals surface area (Å²) in [6, 6.07) is 9.36. The van der Waals surface area contributed by atoms with Crippen molar-refractivity contribution in [3.05, 3.63) is 64.4 Å². The normalized spacial score (nSPS) is 10.2. The summed E-state index contributed by atoms with van der Waals surface area (Å²) >= 11 is 0. The third-order valence-electron chi connectivity index (χ3n) is 1.50. The second kappa shape index (κ2) is 4.21. The largest absolute Gasteiger partial charge is 0.262 e. The Bertz CT molecular complexity index is 341. The van der Waals surface area contributed by atoms with Crippen LogP contribution in [0.5, 0.6) is 0 Å². The van der Waals surface area contributed by atoms with Gasteiger partial charge >= 0.3 is 0 Å². The quantitative estimate of drug-likeness (QED) is 0.402. The van der Waals surface area contributed by atoms with E-state index in [1.54, 1.807) is 6.08 Å². The highest BCUT2D eigenvalue weighted by Gasteiger charge is 1.98. The highest BCUT2D eigenvalue weighted by atomic mass is 16.6. The van der Waals surface area contributed by atoms with E-state index in [4.69, 9.17) is 0 Å². The smallest absolute Gasteiger partial charge is 0.258 e. The first kappa shape index (κ1) is 9.19. The molecule has 0 aliphatic rings. The van der Waals surface area contributed by atoms with Crippen molar-refractivity contribution in [3.63, 3.8) is 0 Å². The van der Waals surface area contributed by atoms with Crippen molar-refractivity contribution < 1.29 is 4.92 Å². The average molecular weight is 175 g/mol. The first-order chi connectivity index (χ1) is 6.20. The van der Waals surface area contributed by atoms with Gasteiger partial charge in [-0.15, -0.1) is 0 Å². The van der Waals surface area contributed by atoms with Crippen LogP contribution in [0.25, 0.3) is 6.08 Å². The lowest BCUT2D eigenvalue weighted by molar-refractivity contribution is -0.418. The molecule has 0 fully saturated rings. The summed E-state index contributed by atoms with van der Waals surface area (Å²) in [6.45, 7) is 3.28. The average Bonchev–Trinajstić information content (AvgIpc) is 2.15. The molecule has 0 heterocycles. The summed E-state index contributed by atoms with van der Waals surface area (Å²) in [5.74, 6) is 0. The lowest BCUT2D eigenvalue weighted by Gasteiger charge is -1.90. The number of rotatable bonds is 3. The topological polar surface area (TPSA) is 43.1 Å². The maximum absolute atomic E-state index is 10.2. The fraction of sp³-hybridized carbons (Fsp3) is 0. The first-order valence-corrected chi connectivity index (χ1v) is 3.76. The van der Waals surface area contributed by atoms with Crippen LogP contribution in [-0.4, -0.2) is 4.92 Å². The lowest BCUT2D eigenvalue weighted by atomic mass is 10.2. The van der Waals surface area contributed by atoms with E-state index >= 15 is 0 Å². The Morgan fingerprint density at radius 3 is 2.54 bits per heavy atom. The lowest BCUT2D eigenvalue weighted by Crippen LogP contribution is -1.91. The van der Waals surface area contributed by atoms with Gasteiger partial charge in [-0.05, 0) is 18.2 Å². The fourth-order valence-electron chi connectivity index (χ4n) is 0.817. The molecule has 0 amide bonds. The van der Waals surface area contributed by atoms with E-state index in [0.717, 1.165) is 5.56 Å². The molecule has 13 heavy (non-hydrogen) atoms. The van der Waals surface area contributed by atoms with Crippen molar-refractivity contribution in [2.75, 3.05) is 0 Å². The second-order valence-electron chi connectivity index (χ2n) is 2.49. The van der Waals surface area contributed by atoms with Gasteiger partial charge in [0.05, 0.1) is 4.92 Å². The van der Waals surface area contributed by atoms with Crippen molar-refractivity contribution in [1.82, 2.24) is 0 Å². The summed E-state index contributed by atoms with van der Waals surface area (Å²) in [7, 11) is 0. The molecule has 3 heteroatoms. The molecule has 66 valence electrons. The maximum Gasteiger partial charge on any atom is 0.262 e. The van der Waals surface area contributed by atoms with Crippen LogP contribution in [-0.2, 0) is 0 Å². The summed E-state index contributed by atoms with van der Waals surface area (Å²) in [4.78, 5) is 9.66. The van der Waals surface area contributed by atoms with Crippen molar-refractivity contribution >= 4 is 6.08 Å². The number of nitro groups is 1. The van der Waals surface area contributed by atoms with Gasteiger partial charge in [-0.25, -0.2) is 0 Å². The highest BCUT2D eigenvalue weighted by Crippen LogP contribution is 2.03. The van der Waals surface area contributed by atoms with E-state index in [1.807, 2.05) is 30.3 Å². The van der Waals surface area contributed by atoms with Crippen LogP contribution in [0.4, 0.5) is 0 Å². The Morgan fingerprint density at radius 2 is 2.00 bits per heavy atom. The van der Waals surface area contributed by atoms with E-state index in [9.17, 15) is 10.1 Å². The maximum atomic E-state index is 10.2. The van der Waals surface area contributed by atoms with E-state index in [0.29, 0.717) is 0 Å². The number of hydrogen-bond donors (Lipinski definition) is 0. The fourth-order valence-corrected chi connectivity index (χ4v) is 0.817. The predicted molar refractivity (Wildman–Crippen MR) is 51.6 cm³/mol. The molecule has 3 nitrogen and oxygen atoms in total. The molecule has 0 radical (unpaired) electrons. The Kier molecular flexibility index (Phi) is 2.97. The van der Waals surface area contributed by atoms with Gasteiger partial charge in [-0.2, -0.15) is 0 Å². The molecule has 0 spiro atoms. The van der Waals surface area contributed by atoms with Crippen LogP contribution in [0, 0.1) is 10.1 Å². The van der Waals surface area contributed by atoms with E-state index in [-0.39, 0.29) is 5.70 Å². The van der Waals surface area contributed by atoms with Crippen molar-refractivity contribution in [2.24, 2.45) is 0 Å². The molecule has 0 aliphatic heterocycles. The molecule has 0 saturated carbocycles. The zero-order chi connectivity index (χ0) is 9.68. The second-order valence-corrected chi connectivity index (χ2v) is 2.49. The van der Waals surface area contributed by atoms with Crippen LogP contribution in [0.3, 0.4) is 0 Å². The predicted octanol–water partition coefficient (Wildman–Crippen LogP) is 2.49. The minimum absolute atomic E-state index is 0.108. The third kappa shape index (κ3) is 2.91. The molecule has 1 aromatic rings. The molecule has 0 aliphatic carbocycles. The van der Waals surface area contributed by atoms with Gasteiger partial charge < -0.3 is 0 Å². The SMILES string of the molecule is C=C(C=Cc1ccccc1)[N+](=O)[O-]. The molecule has 0 saturated heterocycles. The molecule has 1 aromatic carbocycles. The minimum atomic E-state index is -0.514. The van der Waals surface area contributed by atoms with E-state index in [2.05, 4.69) is 6.58 Å². The van der Waals surface area contributed by atoms with Gasteiger partial charge in [-0.3, -0.25) is 10.1 Å². The van der Waals surface area contributed by atoms with Gasteiger partial charge in [0.2, 0.25) is 0 Å². The number of benzene rings is 1. The Morgan fingerprint density at radius 1 is 1.38 bits per heavy atom.